The number of piperidine rings is 1. The Balaban J connectivity index is 1.24. The molecule has 33 heavy (non-hydrogen) atoms. The van der Waals surface area contributed by atoms with Crippen molar-refractivity contribution < 1.29 is 31.1 Å². The van der Waals surface area contributed by atoms with Gasteiger partial charge in [0.1, 0.15) is 6.10 Å². The first kappa shape index (κ1) is 24.3. The van der Waals surface area contributed by atoms with E-state index in [0.717, 1.165) is 32.7 Å². The molecule has 1 aromatic carbocycles. The smallest absolute Gasteiger partial charge is 0.462 e. The number of alkyl halides is 3. The molecule has 0 N–H and O–H groups in total. The Hall–Kier alpha value is -1.85. The number of ether oxygens (including phenoxy) is 1. The highest BCUT2D eigenvalue weighted by atomic mass is 32.2. The minimum absolute atomic E-state index is 0.0624. The largest absolute Gasteiger partial charge is 0.511 e. The summed E-state index contributed by atoms with van der Waals surface area (Å²) in [6, 6.07) is 8.48. The Labute approximate surface area is 192 Å². The Morgan fingerprint density at radius 1 is 1.03 bits per heavy atom. The van der Waals surface area contributed by atoms with E-state index in [9.17, 15) is 26.4 Å². The van der Waals surface area contributed by atoms with E-state index in [1.807, 2.05) is 0 Å². The molecule has 1 aromatic rings. The van der Waals surface area contributed by atoms with Crippen LogP contribution in [-0.4, -0.2) is 81.0 Å². The summed E-state index contributed by atoms with van der Waals surface area (Å²) in [6.07, 6.45) is 0.954. The number of piperazine rings is 1. The lowest BCUT2D eigenvalue weighted by molar-refractivity contribution is -0.150. The van der Waals surface area contributed by atoms with Crippen molar-refractivity contribution in [2.75, 3.05) is 50.7 Å². The number of benzene rings is 1. The van der Waals surface area contributed by atoms with Crippen LogP contribution in [0.4, 0.5) is 18.9 Å². The van der Waals surface area contributed by atoms with Crippen LogP contribution in [-0.2, 0) is 19.6 Å². The lowest BCUT2D eigenvalue weighted by Crippen LogP contribution is -2.48. The van der Waals surface area contributed by atoms with E-state index >= 15 is 0 Å². The Morgan fingerprint density at radius 3 is 2.21 bits per heavy atom. The molecule has 7 nitrogen and oxygen atoms in total. The molecule has 0 aromatic heterocycles. The Bertz CT molecular complexity index is 952. The van der Waals surface area contributed by atoms with E-state index in [0.29, 0.717) is 17.1 Å². The molecule has 4 rings (SSSR count). The second-order valence-electron chi connectivity index (χ2n) is 9.31. The van der Waals surface area contributed by atoms with E-state index in [1.54, 1.807) is 0 Å². The van der Waals surface area contributed by atoms with Crippen molar-refractivity contribution in [1.82, 2.24) is 9.21 Å². The van der Waals surface area contributed by atoms with Crippen LogP contribution < -0.4 is 4.90 Å². The maximum atomic E-state index is 12.8. The Morgan fingerprint density at radius 2 is 1.64 bits per heavy atom. The molecule has 1 spiro atoms. The number of halogens is 3. The zero-order valence-corrected chi connectivity index (χ0v) is 19.5. The minimum atomic E-state index is -5.36. The van der Waals surface area contributed by atoms with E-state index in [2.05, 4.69) is 41.0 Å². The number of hydrogen-bond acceptors (Lipinski definition) is 6. The van der Waals surface area contributed by atoms with Crippen molar-refractivity contribution in [3.63, 3.8) is 0 Å². The van der Waals surface area contributed by atoms with Crippen LogP contribution in [0.2, 0.25) is 0 Å². The van der Waals surface area contributed by atoms with Gasteiger partial charge in [0.2, 0.25) is 0 Å². The van der Waals surface area contributed by atoms with E-state index in [4.69, 9.17) is 4.74 Å². The number of hydrogen-bond donors (Lipinski definition) is 0. The van der Waals surface area contributed by atoms with Gasteiger partial charge in [-0.3, -0.25) is 9.69 Å². The monoisotopic (exact) mass is 489 g/mol. The molecular weight excluding hydrogens is 459 g/mol. The predicted octanol–water partition coefficient (Wildman–Crippen LogP) is 2.75. The van der Waals surface area contributed by atoms with E-state index in [-0.39, 0.29) is 32.0 Å². The van der Waals surface area contributed by atoms with E-state index < -0.39 is 26.9 Å². The highest BCUT2D eigenvalue weighted by Gasteiger charge is 2.55. The summed E-state index contributed by atoms with van der Waals surface area (Å²) >= 11 is 0. The van der Waals surface area contributed by atoms with Crippen molar-refractivity contribution in [3.8, 4) is 0 Å². The predicted molar refractivity (Wildman–Crippen MR) is 117 cm³/mol. The first-order chi connectivity index (χ1) is 15.5. The SMILES string of the molecule is Cc1ccc(N2CCN(CC[C@H]3CC4(CCN(S(=O)(=O)C(F)(F)F)CC4)C(=O)O3)CC2)cc1. The van der Waals surface area contributed by atoms with Gasteiger partial charge in [-0.2, -0.15) is 17.5 Å². The fourth-order valence-electron chi connectivity index (χ4n) is 5.02. The quantitative estimate of drug-likeness (QED) is 0.593. The van der Waals surface area contributed by atoms with Gasteiger partial charge >= 0.3 is 21.5 Å². The molecule has 0 bridgehead atoms. The van der Waals surface area contributed by atoms with Gasteiger partial charge in [-0.25, -0.2) is 8.42 Å². The molecule has 3 heterocycles. The molecule has 1 atom stereocenters. The fraction of sp³-hybridized carbons (Fsp3) is 0.682. The summed E-state index contributed by atoms with van der Waals surface area (Å²) < 4.78 is 67.7. The van der Waals surface area contributed by atoms with Crippen molar-refractivity contribution in [1.29, 1.82) is 0 Å². The number of carbonyl (C=O) groups excluding carboxylic acids is 1. The summed E-state index contributed by atoms with van der Waals surface area (Å²) in [5.74, 6) is -0.402. The zero-order chi connectivity index (χ0) is 23.9. The highest BCUT2D eigenvalue weighted by molar-refractivity contribution is 7.90. The molecule has 184 valence electrons. The van der Waals surface area contributed by atoms with Gasteiger partial charge in [0.05, 0.1) is 5.41 Å². The van der Waals surface area contributed by atoms with Gasteiger partial charge < -0.3 is 9.64 Å². The van der Waals surface area contributed by atoms with Gasteiger partial charge in [-0.1, -0.05) is 17.7 Å². The average Bonchev–Trinajstić information content (AvgIpc) is 3.07. The second kappa shape index (κ2) is 9.07. The standard InChI is InChI=1S/C22H30F3N3O4S/c1-17-2-4-18(5-3-17)27-14-12-26(13-15-27)9-6-19-16-21(20(29)32-19)7-10-28(11-8-21)33(30,31)22(23,24)25/h2-5,19H,6-16H2,1H3/t19-/m0/s1. The second-order valence-corrected chi connectivity index (χ2v) is 11.2. The van der Waals surface area contributed by atoms with Crippen molar-refractivity contribution in [2.45, 2.75) is 44.2 Å². The molecule has 3 saturated heterocycles. The van der Waals surface area contributed by atoms with Gasteiger partial charge in [-0.15, -0.1) is 0 Å². The number of aryl methyl sites for hydroxylation is 1. The maximum absolute atomic E-state index is 12.8. The molecule has 3 aliphatic rings. The van der Waals surface area contributed by atoms with Crippen LogP contribution in [0.25, 0.3) is 0 Å². The van der Waals surface area contributed by atoms with Crippen LogP contribution in [0.1, 0.15) is 31.2 Å². The topological polar surface area (TPSA) is 70.2 Å². The van der Waals surface area contributed by atoms with Crippen molar-refractivity contribution >= 4 is 21.7 Å². The van der Waals surface area contributed by atoms with Gasteiger partial charge in [0.25, 0.3) is 0 Å². The van der Waals surface area contributed by atoms with Crippen LogP contribution >= 0.6 is 0 Å². The molecule has 0 saturated carbocycles. The first-order valence-electron chi connectivity index (χ1n) is 11.3. The summed E-state index contributed by atoms with van der Waals surface area (Å²) in [5.41, 5.74) is -3.74. The zero-order valence-electron chi connectivity index (χ0n) is 18.7. The van der Waals surface area contributed by atoms with Gasteiger partial charge in [0, 0.05) is 57.9 Å². The molecular formula is C22H30F3N3O4S. The molecule has 0 amide bonds. The third kappa shape index (κ3) is 5.00. The molecule has 0 radical (unpaired) electrons. The Kier molecular flexibility index (Phi) is 6.67. The number of esters is 1. The summed E-state index contributed by atoms with van der Waals surface area (Å²) in [5, 5.41) is 0. The molecule has 3 fully saturated rings. The highest BCUT2D eigenvalue weighted by Crippen LogP contribution is 2.45. The summed E-state index contributed by atoms with van der Waals surface area (Å²) in [6.45, 7) is 5.87. The van der Waals surface area contributed by atoms with Crippen LogP contribution in [0.5, 0.6) is 0 Å². The summed E-state index contributed by atoms with van der Waals surface area (Å²) in [7, 11) is -5.36. The molecule has 0 aliphatic carbocycles. The lowest BCUT2D eigenvalue weighted by Gasteiger charge is -2.36. The number of anilines is 1. The normalized spacial score (nSPS) is 24.9. The molecule has 0 unspecified atom stereocenters. The number of sulfonamides is 1. The van der Waals surface area contributed by atoms with Crippen LogP contribution in [0, 0.1) is 12.3 Å². The number of nitrogens with zero attached hydrogens (tertiary/aromatic N) is 3. The lowest BCUT2D eigenvalue weighted by atomic mass is 9.76. The first-order valence-corrected chi connectivity index (χ1v) is 12.8. The third-order valence-electron chi connectivity index (χ3n) is 7.18. The van der Waals surface area contributed by atoms with Crippen LogP contribution in [0.3, 0.4) is 0 Å². The fourth-order valence-corrected chi connectivity index (χ4v) is 5.98. The van der Waals surface area contributed by atoms with Crippen LogP contribution in [0.15, 0.2) is 24.3 Å². The van der Waals surface area contributed by atoms with Gasteiger partial charge in [-0.05, 0) is 38.3 Å². The third-order valence-corrected chi connectivity index (χ3v) is 8.81. The summed E-state index contributed by atoms with van der Waals surface area (Å²) in [4.78, 5) is 17.2. The number of rotatable bonds is 5. The number of cyclic esters (lactones) is 1. The van der Waals surface area contributed by atoms with Crippen molar-refractivity contribution in [2.24, 2.45) is 5.41 Å². The van der Waals surface area contributed by atoms with Crippen molar-refractivity contribution in [3.05, 3.63) is 29.8 Å². The van der Waals surface area contributed by atoms with Gasteiger partial charge in [0.15, 0.2) is 0 Å². The molecule has 3 aliphatic heterocycles. The average molecular weight is 490 g/mol. The maximum Gasteiger partial charge on any atom is 0.511 e. The van der Waals surface area contributed by atoms with E-state index in [1.165, 1.54) is 11.3 Å². The number of carbonyl (C=O) groups is 1. The molecule has 11 heteroatoms. The minimum Gasteiger partial charge on any atom is -0.462 e.